The van der Waals surface area contributed by atoms with Gasteiger partial charge in [0, 0.05) is 13.1 Å². The second kappa shape index (κ2) is 5.11. The molecule has 1 aromatic heterocycles. The predicted octanol–water partition coefficient (Wildman–Crippen LogP) is 0.702. The maximum absolute atomic E-state index is 9.07. The van der Waals surface area contributed by atoms with Gasteiger partial charge in [0.1, 0.15) is 23.3 Å². The first-order valence-corrected chi connectivity index (χ1v) is 5.88. The Hall–Kier alpha value is -1.67. The molecule has 1 saturated heterocycles. The lowest BCUT2D eigenvalue weighted by molar-refractivity contribution is 0.549. The molecule has 1 aliphatic rings. The lowest BCUT2D eigenvalue weighted by Crippen LogP contribution is -2.25. The Balaban J connectivity index is 2.18. The fourth-order valence-electron chi connectivity index (χ4n) is 2.26. The van der Waals surface area contributed by atoms with Crippen LogP contribution in [0.1, 0.15) is 17.8 Å². The number of hydrogen-bond acceptors (Lipinski definition) is 5. The Labute approximate surface area is 101 Å². The van der Waals surface area contributed by atoms with Gasteiger partial charge in [-0.25, -0.2) is 9.97 Å². The number of nitriles is 1. The van der Waals surface area contributed by atoms with E-state index >= 15 is 0 Å². The van der Waals surface area contributed by atoms with E-state index in [0.717, 1.165) is 37.7 Å². The first-order valence-electron chi connectivity index (χ1n) is 5.88. The van der Waals surface area contributed by atoms with Crippen molar-refractivity contribution in [3.63, 3.8) is 0 Å². The van der Waals surface area contributed by atoms with Crippen LogP contribution in [0.3, 0.4) is 0 Å². The van der Waals surface area contributed by atoms with Crippen molar-refractivity contribution >= 4 is 5.82 Å². The maximum Gasteiger partial charge on any atom is 0.150 e. The second-order valence-corrected chi connectivity index (χ2v) is 4.42. The third-order valence-electron chi connectivity index (χ3n) is 3.09. The van der Waals surface area contributed by atoms with Crippen LogP contribution in [0.25, 0.3) is 0 Å². The summed E-state index contributed by atoms with van der Waals surface area (Å²) in [6.07, 6.45) is 2.76. The van der Waals surface area contributed by atoms with Crippen LogP contribution in [-0.2, 0) is 0 Å². The van der Waals surface area contributed by atoms with Crippen molar-refractivity contribution in [2.75, 3.05) is 31.6 Å². The van der Waals surface area contributed by atoms with Gasteiger partial charge in [0.2, 0.25) is 0 Å². The third-order valence-corrected chi connectivity index (χ3v) is 3.09. The normalized spacial score (nSPS) is 19.4. The lowest BCUT2D eigenvalue weighted by Gasteiger charge is -2.18. The molecule has 1 N–H and O–H groups in total. The summed E-state index contributed by atoms with van der Waals surface area (Å²) in [5, 5.41) is 12.3. The van der Waals surface area contributed by atoms with E-state index in [1.54, 1.807) is 6.20 Å². The largest absolute Gasteiger partial charge is 0.355 e. The van der Waals surface area contributed by atoms with Crippen LogP contribution >= 0.6 is 0 Å². The minimum Gasteiger partial charge on any atom is -0.355 e. The molecule has 90 valence electrons. The SMILES string of the molecule is CNCC1CCN(c2nc(C)ncc2C#N)C1. The van der Waals surface area contributed by atoms with Crippen LogP contribution < -0.4 is 10.2 Å². The minimum atomic E-state index is 0.570. The molecule has 5 heteroatoms. The number of aromatic nitrogens is 2. The fourth-order valence-corrected chi connectivity index (χ4v) is 2.26. The van der Waals surface area contributed by atoms with Crippen molar-refractivity contribution < 1.29 is 0 Å². The molecule has 0 spiro atoms. The van der Waals surface area contributed by atoms with Crippen LogP contribution in [0.2, 0.25) is 0 Å². The van der Waals surface area contributed by atoms with Crippen molar-refractivity contribution in [3.8, 4) is 6.07 Å². The molecule has 0 saturated carbocycles. The van der Waals surface area contributed by atoms with Gasteiger partial charge in [0.25, 0.3) is 0 Å². The van der Waals surface area contributed by atoms with Crippen LogP contribution in [0.5, 0.6) is 0 Å². The highest BCUT2D eigenvalue weighted by molar-refractivity contribution is 5.53. The minimum absolute atomic E-state index is 0.570. The molecule has 5 nitrogen and oxygen atoms in total. The summed E-state index contributed by atoms with van der Waals surface area (Å²) >= 11 is 0. The highest BCUT2D eigenvalue weighted by Crippen LogP contribution is 2.24. The Kier molecular flexibility index (Phi) is 3.55. The van der Waals surface area contributed by atoms with Gasteiger partial charge >= 0.3 is 0 Å². The predicted molar refractivity (Wildman–Crippen MR) is 65.7 cm³/mol. The first kappa shape index (κ1) is 11.8. The second-order valence-electron chi connectivity index (χ2n) is 4.42. The van der Waals surface area contributed by atoms with Crippen LogP contribution in [0.4, 0.5) is 5.82 Å². The van der Waals surface area contributed by atoms with Crippen molar-refractivity contribution in [2.24, 2.45) is 5.92 Å². The van der Waals surface area contributed by atoms with E-state index in [9.17, 15) is 0 Å². The Bertz CT molecular complexity index is 437. The van der Waals surface area contributed by atoms with Gasteiger partial charge in [-0.3, -0.25) is 0 Å². The molecule has 0 amide bonds. The van der Waals surface area contributed by atoms with Gasteiger partial charge in [0.05, 0.1) is 6.20 Å². The quantitative estimate of drug-likeness (QED) is 0.829. The van der Waals surface area contributed by atoms with E-state index in [1.165, 1.54) is 0 Å². The van der Waals surface area contributed by atoms with Gasteiger partial charge in [-0.1, -0.05) is 0 Å². The van der Waals surface area contributed by atoms with Gasteiger partial charge in [-0.15, -0.1) is 0 Å². The van der Waals surface area contributed by atoms with E-state index in [-0.39, 0.29) is 0 Å². The zero-order valence-corrected chi connectivity index (χ0v) is 10.3. The van der Waals surface area contributed by atoms with Gasteiger partial charge in [-0.05, 0) is 32.9 Å². The molecule has 0 bridgehead atoms. The average molecular weight is 231 g/mol. The molecule has 1 unspecified atom stereocenters. The first-order chi connectivity index (χ1) is 8.24. The number of anilines is 1. The summed E-state index contributed by atoms with van der Waals surface area (Å²) in [6.45, 7) is 4.80. The van der Waals surface area contributed by atoms with Crippen LogP contribution in [0.15, 0.2) is 6.20 Å². The maximum atomic E-state index is 9.07. The van der Waals surface area contributed by atoms with Crippen molar-refractivity contribution in [1.82, 2.24) is 15.3 Å². The standard InChI is InChI=1S/C12H17N5/c1-9-15-7-11(5-13)12(16-9)17-4-3-10(8-17)6-14-2/h7,10,14H,3-4,6,8H2,1-2H3. The smallest absolute Gasteiger partial charge is 0.150 e. The molecule has 0 radical (unpaired) electrons. The molecule has 1 atom stereocenters. The number of hydrogen-bond donors (Lipinski definition) is 1. The highest BCUT2D eigenvalue weighted by Gasteiger charge is 2.24. The summed E-state index contributed by atoms with van der Waals surface area (Å²) < 4.78 is 0. The van der Waals surface area contributed by atoms with Crippen molar-refractivity contribution in [2.45, 2.75) is 13.3 Å². The zero-order chi connectivity index (χ0) is 12.3. The van der Waals surface area contributed by atoms with E-state index < -0.39 is 0 Å². The summed E-state index contributed by atoms with van der Waals surface area (Å²) in [7, 11) is 1.97. The summed E-state index contributed by atoms with van der Waals surface area (Å²) in [5.74, 6) is 2.15. The van der Waals surface area contributed by atoms with E-state index in [4.69, 9.17) is 5.26 Å². The van der Waals surface area contributed by atoms with E-state index in [2.05, 4.69) is 26.3 Å². The zero-order valence-electron chi connectivity index (χ0n) is 10.3. The summed E-state index contributed by atoms with van der Waals surface area (Å²) in [6, 6.07) is 2.16. The average Bonchev–Trinajstić information content (AvgIpc) is 2.78. The molecule has 1 aliphatic heterocycles. The highest BCUT2D eigenvalue weighted by atomic mass is 15.2. The van der Waals surface area contributed by atoms with E-state index in [0.29, 0.717) is 11.5 Å². The molecule has 2 rings (SSSR count). The number of rotatable bonds is 3. The molecule has 0 aromatic carbocycles. The molecular formula is C12H17N5. The topological polar surface area (TPSA) is 64.8 Å². The summed E-state index contributed by atoms with van der Waals surface area (Å²) in [5.41, 5.74) is 0.570. The van der Waals surface area contributed by atoms with Crippen LogP contribution in [0, 0.1) is 24.2 Å². The molecule has 2 heterocycles. The molecule has 0 aliphatic carbocycles. The van der Waals surface area contributed by atoms with Gasteiger partial charge in [0.15, 0.2) is 0 Å². The monoisotopic (exact) mass is 231 g/mol. The Morgan fingerprint density at radius 2 is 2.47 bits per heavy atom. The van der Waals surface area contributed by atoms with Crippen molar-refractivity contribution in [1.29, 1.82) is 5.26 Å². The Morgan fingerprint density at radius 1 is 1.65 bits per heavy atom. The van der Waals surface area contributed by atoms with Gasteiger partial charge < -0.3 is 10.2 Å². The molecule has 1 aromatic rings. The molecule has 17 heavy (non-hydrogen) atoms. The lowest BCUT2D eigenvalue weighted by atomic mass is 10.1. The Morgan fingerprint density at radius 3 is 3.18 bits per heavy atom. The fraction of sp³-hybridized carbons (Fsp3) is 0.583. The van der Waals surface area contributed by atoms with Gasteiger partial charge in [-0.2, -0.15) is 5.26 Å². The molecular weight excluding hydrogens is 214 g/mol. The van der Waals surface area contributed by atoms with E-state index in [1.807, 2.05) is 14.0 Å². The third kappa shape index (κ3) is 2.53. The van der Waals surface area contributed by atoms with Crippen LogP contribution in [-0.4, -0.2) is 36.6 Å². The number of aryl methyl sites for hydroxylation is 1. The number of nitrogens with one attached hydrogen (secondary N) is 1. The molecule has 1 fully saturated rings. The summed E-state index contributed by atoms with van der Waals surface area (Å²) in [4.78, 5) is 10.6. The van der Waals surface area contributed by atoms with Crippen molar-refractivity contribution in [3.05, 3.63) is 17.6 Å². The number of nitrogens with zero attached hydrogens (tertiary/aromatic N) is 4.